The normalized spacial score (nSPS) is 12.8. The third kappa shape index (κ3) is 4.13. The average molecular weight is 218 g/mol. The molecule has 1 aromatic carbocycles. The molecule has 0 radical (unpaired) electrons. The van der Waals surface area contributed by atoms with Crippen LogP contribution in [0.3, 0.4) is 0 Å². The number of aliphatic hydroxyl groups is 1. The molecule has 0 saturated carbocycles. The van der Waals surface area contributed by atoms with Gasteiger partial charge in [-0.3, -0.25) is 0 Å². The first kappa shape index (κ1) is 12.2. The van der Waals surface area contributed by atoms with Crippen molar-refractivity contribution < 1.29 is 9.50 Å². The zero-order valence-electron chi connectivity index (χ0n) is 9.23. The Balaban J connectivity index is 2.83. The minimum Gasteiger partial charge on any atom is -0.516 e. The maximum atomic E-state index is 12.7. The molecule has 16 heavy (non-hydrogen) atoms. The van der Waals surface area contributed by atoms with Gasteiger partial charge in [0.2, 0.25) is 0 Å². The van der Waals surface area contributed by atoms with Crippen molar-refractivity contribution in [3.63, 3.8) is 0 Å². The summed E-state index contributed by atoms with van der Waals surface area (Å²) in [6.45, 7) is 2.04. The van der Waals surface area contributed by atoms with E-state index in [2.05, 4.69) is 0 Å². The van der Waals surface area contributed by atoms with Gasteiger partial charge < -0.3 is 5.11 Å². The zero-order chi connectivity index (χ0) is 11.8. The Bertz CT molecular complexity index is 399. The Kier molecular flexibility index (Phi) is 5.06. The van der Waals surface area contributed by atoms with Gasteiger partial charge in [-0.25, -0.2) is 4.39 Å². The van der Waals surface area contributed by atoms with Crippen LogP contribution in [-0.4, -0.2) is 5.11 Å². The molecule has 0 aliphatic carbocycles. The van der Waals surface area contributed by atoms with Crippen LogP contribution >= 0.6 is 0 Å². The lowest BCUT2D eigenvalue weighted by Gasteiger charge is -1.98. The van der Waals surface area contributed by atoms with Crippen molar-refractivity contribution in [1.82, 2.24) is 0 Å². The number of rotatable bonds is 4. The maximum absolute atomic E-state index is 12.7. The summed E-state index contributed by atoms with van der Waals surface area (Å²) in [4.78, 5) is 0. The summed E-state index contributed by atoms with van der Waals surface area (Å²) in [5.41, 5.74) is 2.08. The van der Waals surface area contributed by atoms with E-state index in [4.69, 9.17) is 5.11 Å². The number of aliphatic hydroxyl groups excluding tert-OH is 1. The number of halogens is 1. The van der Waals surface area contributed by atoms with Crippen LogP contribution in [0.1, 0.15) is 18.9 Å². The van der Waals surface area contributed by atoms with E-state index in [9.17, 15) is 4.39 Å². The van der Waals surface area contributed by atoms with Crippen molar-refractivity contribution >= 4 is 6.08 Å². The third-order valence-corrected chi connectivity index (χ3v) is 2.14. The summed E-state index contributed by atoms with van der Waals surface area (Å²) in [6.07, 6.45) is 9.08. The number of allylic oxidation sites excluding steroid dienone is 4. The topological polar surface area (TPSA) is 20.2 Å². The van der Waals surface area contributed by atoms with Gasteiger partial charge in [-0.05, 0) is 35.8 Å². The summed E-state index contributed by atoms with van der Waals surface area (Å²) in [5.74, 6) is -0.228. The molecule has 0 fully saturated rings. The van der Waals surface area contributed by atoms with Crippen LogP contribution in [0.25, 0.3) is 6.08 Å². The highest BCUT2D eigenvalue weighted by Gasteiger charge is 1.92. The molecule has 0 heterocycles. The van der Waals surface area contributed by atoms with Crippen LogP contribution in [0.5, 0.6) is 0 Å². The summed E-state index contributed by atoms with van der Waals surface area (Å²) in [7, 11) is 0. The predicted octanol–water partition coefficient (Wildman–Crippen LogP) is 4.25. The standard InChI is InChI=1S/C14H15FO/c1-2-12(5-3-4-10-16)11-13-6-8-14(15)9-7-13/h3-11,16H,2H2,1H3/b5-3-,10-4+,12-11-. The third-order valence-electron chi connectivity index (χ3n) is 2.14. The van der Waals surface area contributed by atoms with E-state index >= 15 is 0 Å². The summed E-state index contributed by atoms with van der Waals surface area (Å²) < 4.78 is 12.7. The molecule has 1 aromatic rings. The lowest BCUT2D eigenvalue weighted by molar-refractivity contribution is 0.474. The largest absolute Gasteiger partial charge is 0.516 e. The van der Waals surface area contributed by atoms with E-state index in [1.54, 1.807) is 24.3 Å². The van der Waals surface area contributed by atoms with Crippen LogP contribution < -0.4 is 0 Å². The van der Waals surface area contributed by atoms with E-state index in [0.29, 0.717) is 0 Å². The van der Waals surface area contributed by atoms with E-state index in [1.165, 1.54) is 12.1 Å². The summed E-state index contributed by atoms with van der Waals surface area (Å²) >= 11 is 0. The lowest BCUT2D eigenvalue weighted by atomic mass is 10.1. The van der Waals surface area contributed by atoms with Crippen LogP contribution in [0.15, 0.2) is 54.3 Å². The molecule has 84 valence electrons. The fraction of sp³-hybridized carbons (Fsp3) is 0.143. The van der Waals surface area contributed by atoms with Gasteiger partial charge in [-0.1, -0.05) is 37.3 Å². The Morgan fingerprint density at radius 1 is 1.25 bits per heavy atom. The van der Waals surface area contributed by atoms with Crippen molar-refractivity contribution in [1.29, 1.82) is 0 Å². The minimum atomic E-state index is -0.228. The minimum absolute atomic E-state index is 0.228. The monoisotopic (exact) mass is 218 g/mol. The molecular formula is C14H15FO. The SMILES string of the molecule is CCC(/C=C\C=C\O)=C/c1ccc(F)cc1. The molecule has 0 aromatic heterocycles. The van der Waals surface area contributed by atoms with Gasteiger partial charge in [0, 0.05) is 0 Å². The second-order valence-electron chi connectivity index (χ2n) is 3.32. The van der Waals surface area contributed by atoms with E-state index in [0.717, 1.165) is 23.8 Å². The van der Waals surface area contributed by atoms with Crippen molar-refractivity contribution in [2.24, 2.45) is 0 Å². The molecule has 0 aliphatic rings. The molecule has 0 spiro atoms. The van der Waals surface area contributed by atoms with Gasteiger partial charge in [0.1, 0.15) is 5.82 Å². The van der Waals surface area contributed by atoms with Crippen molar-refractivity contribution in [2.45, 2.75) is 13.3 Å². The van der Waals surface area contributed by atoms with Gasteiger partial charge in [0.05, 0.1) is 6.26 Å². The first-order valence-electron chi connectivity index (χ1n) is 5.20. The second kappa shape index (κ2) is 6.62. The van der Waals surface area contributed by atoms with Crippen molar-refractivity contribution in [2.75, 3.05) is 0 Å². The zero-order valence-corrected chi connectivity index (χ0v) is 9.23. The van der Waals surface area contributed by atoms with Crippen molar-refractivity contribution in [3.05, 3.63) is 65.7 Å². The quantitative estimate of drug-likeness (QED) is 0.591. The van der Waals surface area contributed by atoms with Crippen LogP contribution in [0, 0.1) is 5.82 Å². The van der Waals surface area contributed by atoms with E-state index in [1.807, 2.05) is 19.1 Å². The Hall–Kier alpha value is -1.83. The fourth-order valence-corrected chi connectivity index (χ4v) is 1.27. The summed E-state index contributed by atoms with van der Waals surface area (Å²) in [6, 6.07) is 6.36. The van der Waals surface area contributed by atoms with E-state index < -0.39 is 0 Å². The highest BCUT2D eigenvalue weighted by Crippen LogP contribution is 2.11. The molecular weight excluding hydrogens is 203 g/mol. The average Bonchev–Trinajstić information content (AvgIpc) is 2.31. The summed E-state index contributed by atoms with van der Waals surface area (Å²) in [5, 5.41) is 8.48. The predicted molar refractivity (Wildman–Crippen MR) is 65.6 cm³/mol. The van der Waals surface area contributed by atoms with Gasteiger partial charge >= 0.3 is 0 Å². The Morgan fingerprint density at radius 3 is 2.50 bits per heavy atom. The second-order valence-corrected chi connectivity index (χ2v) is 3.32. The molecule has 1 rings (SSSR count). The highest BCUT2D eigenvalue weighted by molar-refractivity contribution is 5.55. The molecule has 0 aliphatic heterocycles. The number of hydrogen-bond donors (Lipinski definition) is 1. The molecule has 1 N–H and O–H groups in total. The Morgan fingerprint density at radius 2 is 1.94 bits per heavy atom. The van der Waals surface area contributed by atoms with Crippen molar-refractivity contribution in [3.8, 4) is 0 Å². The first-order valence-corrected chi connectivity index (χ1v) is 5.20. The van der Waals surface area contributed by atoms with Gasteiger partial charge in [0.25, 0.3) is 0 Å². The van der Waals surface area contributed by atoms with Crippen LogP contribution in [0.2, 0.25) is 0 Å². The maximum Gasteiger partial charge on any atom is 0.123 e. The highest BCUT2D eigenvalue weighted by atomic mass is 19.1. The van der Waals surface area contributed by atoms with Gasteiger partial charge in [-0.15, -0.1) is 0 Å². The molecule has 0 bridgehead atoms. The smallest absolute Gasteiger partial charge is 0.123 e. The Labute approximate surface area is 95.2 Å². The van der Waals surface area contributed by atoms with E-state index in [-0.39, 0.29) is 5.82 Å². The lowest BCUT2D eigenvalue weighted by Crippen LogP contribution is -1.78. The van der Waals surface area contributed by atoms with Crippen LogP contribution in [0.4, 0.5) is 4.39 Å². The molecule has 2 heteroatoms. The number of hydrogen-bond acceptors (Lipinski definition) is 1. The fourth-order valence-electron chi connectivity index (χ4n) is 1.27. The first-order chi connectivity index (χ1) is 7.76. The molecule has 0 saturated heterocycles. The van der Waals surface area contributed by atoms with Gasteiger partial charge in [0.15, 0.2) is 0 Å². The molecule has 1 nitrogen and oxygen atoms in total. The molecule has 0 unspecified atom stereocenters. The number of benzene rings is 1. The van der Waals surface area contributed by atoms with Gasteiger partial charge in [-0.2, -0.15) is 0 Å². The van der Waals surface area contributed by atoms with Crippen LogP contribution in [-0.2, 0) is 0 Å². The molecule has 0 amide bonds. The molecule has 0 atom stereocenters.